The largest absolute Gasteiger partial charge is 0.465 e. The summed E-state index contributed by atoms with van der Waals surface area (Å²) < 4.78 is 5.82. The number of nitrogens with zero attached hydrogens (tertiary/aromatic N) is 2. The van der Waals surface area contributed by atoms with E-state index in [0.29, 0.717) is 12.6 Å². The molecule has 1 aliphatic heterocycles. The average Bonchev–Trinajstić information content (AvgIpc) is 3.09. The average molecular weight is 305 g/mol. The van der Waals surface area contributed by atoms with E-state index in [-0.39, 0.29) is 12.1 Å². The standard InChI is InChI=1S/C17H27N3O2/c1-13-8-9-16(22-13)15(20-10-3-4-11-20)12-18-17(21)19(2)14-6-5-7-14/h8-9,14-15H,3-7,10-12H2,1-2H3,(H,18,21). The molecule has 5 heteroatoms. The van der Waals surface area contributed by atoms with E-state index in [4.69, 9.17) is 4.42 Å². The van der Waals surface area contributed by atoms with Gasteiger partial charge in [-0.05, 0) is 64.3 Å². The maximum atomic E-state index is 12.3. The number of rotatable bonds is 5. The molecule has 0 bridgehead atoms. The van der Waals surface area contributed by atoms with Crippen LogP contribution in [0.3, 0.4) is 0 Å². The molecule has 2 aliphatic rings. The summed E-state index contributed by atoms with van der Waals surface area (Å²) in [5, 5.41) is 3.10. The lowest BCUT2D eigenvalue weighted by atomic mass is 9.92. The second-order valence-electron chi connectivity index (χ2n) is 6.59. The first-order valence-corrected chi connectivity index (χ1v) is 8.46. The number of urea groups is 1. The number of carbonyl (C=O) groups is 1. The highest BCUT2D eigenvalue weighted by Crippen LogP contribution is 2.27. The highest BCUT2D eigenvalue weighted by molar-refractivity contribution is 5.74. The second kappa shape index (κ2) is 6.73. The van der Waals surface area contributed by atoms with Crippen LogP contribution in [0.1, 0.15) is 49.7 Å². The van der Waals surface area contributed by atoms with Crippen molar-refractivity contribution in [3.8, 4) is 0 Å². The van der Waals surface area contributed by atoms with Gasteiger partial charge >= 0.3 is 6.03 Å². The number of carbonyl (C=O) groups excluding carboxylic acids is 1. The van der Waals surface area contributed by atoms with Gasteiger partial charge in [0, 0.05) is 19.6 Å². The number of likely N-dealkylation sites (tertiary alicyclic amines) is 1. The summed E-state index contributed by atoms with van der Waals surface area (Å²) in [7, 11) is 1.90. The van der Waals surface area contributed by atoms with Crippen molar-refractivity contribution in [1.82, 2.24) is 15.1 Å². The lowest BCUT2D eigenvalue weighted by Crippen LogP contribution is -2.48. The topological polar surface area (TPSA) is 48.7 Å². The van der Waals surface area contributed by atoms with Crippen molar-refractivity contribution in [2.45, 2.75) is 51.1 Å². The molecule has 2 amide bonds. The third-order valence-corrected chi connectivity index (χ3v) is 5.06. The van der Waals surface area contributed by atoms with Gasteiger partial charge in [-0.1, -0.05) is 0 Å². The Morgan fingerprint density at radius 1 is 1.36 bits per heavy atom. The van der Waals surface area contributed by atoms with Crippen molar-refractivity contribution in [1.29, 1.82) is 0 Å². The van der Waals surface area contributed by atoms with Gasteiger partial charge in [0.2, 0.25) is 0 Å². The van der Waals surface area contributed by atoms with Gasteiger partial charge in [-0.3, -0.25) is 4.90 Å². The van der Waals surface area contributed by atoms with E-state index in [1.807, 2.05) is 31.0 Å². The van der Waals surface area contributed by atoms with Crippen LogP contribution >= 0.6 is 0 Å². The third-order valence-electron chi connectivity index (χ3n) is 5.06. The quantitative estimate of drug-likeness (QED) is 0.910. The Morgan fingerprint density at radius 3 is 2.64 bits per heavy atom. The van der Waals surface area contributed by atoms with E-state index in [9.17, 15) is 4.79 Å². The van der Waals surface area contributed by atoms with Crippen molar-refractivity contribution in [2.24, 2.45) is 0 Å². The van der Waals surface area contributed by atoms with E-state index in [2.05, 4.69) is 10.2 Å². The Labute approximate surface area is 132 Å². The molecule has 3 rings (SSSR count). The Balaban J connectivity index is 1.61. The van der Waals surface area contributed by atoms with Gasteiger partial charge in [-0.15, -0.1) is 0 Å². The monoisotopic (exact) mass is 305 g/mol. The Bertz CT molecular complexity index is 504. The first-order valence-electron chi connectivity index (χ1n) is 8.46. The molecule has 0 spiro atoms. The van der Waals surface area contributed by atoms with E-state index < -0.39 is 0 Å². The van der Waals surface area contributed by atoms with E-state index in [1.165, 1.54) is 19.3 Å². The summed E-state index contributed by atoms with van der Waals surface area (Å²) in [6.07, 6.45) is 5.97. The molecule has 1 aliphatic carbocycles. The predicted molar refractivity (Wildman–Crippen MR) is 85.8 cm³/mol. The molecule has 0 aromatic carbocycles. The molecule has 2 fully saturated rings. The Morgan fingerprint density at radius 2 is 2.09 bits per heavy atom. The number of hydrogen-bond donors (Lipinski definition) is 1. The zero-order valence-electron chi connectivity index (χ0n) is 13.7. The van der Waals surface area contributed by atoms with Crippen molar-refractivity contribution >= 4 is 6.03 Å². The van der Waals surface area contributed by atoms with Gasteiger partial charge in [-0.25, -0.2) is 4.79 Å². The minimum Gasteiger partial charge on any atom is -0.465 e. The van der Waals surface area contributed by atoms with Crippen LogP contribution in [0.5, 0.6) is 0 Å². The first kappa shape index (κ1) is 15.4. The molecule has 122 valence electrons. The van der Waals surface area contributed by atoms with Crippen LogP contribution in [0.25, 0.3) is 0 Å². The fourth-order valence-electron chi connectivity index (χ4n) is 3.34. The van der Waals surface area contributed by atoms with Crippen LogP contribution in [0.15, 0.2) is 16.5 Å². The summed E-state index contributed by atoms with van der Waals surface area (Å²) in [5.74, 6) is 1.89. The molecule has 1 aromatic rings. The molecule has 0 radical (unpaired) electrons. The summed E-state index contributed by atoms with van der Waals surface area (Å²) in [5.41, 5.74) is 0. The van der Waals surface area contributed by atoms with Gasteiger partial charge in [0.25, 0.3) is 0 Å². The minimum atomic E-state index is 0.0391. The molecule has 1 saturated carbocycles. The minimum absolute atomic E-state index is 0.0391. The lowest BCUT2D eigenvalue weighted by molar-refractivity contribution is 0.150. The SMILES string of the molecule is Cc1ccc(C(CNC(=O)N(C)C2CCC2)N2CCCC2)o1. The summed E-state index contributed by atoms with van der Waals surface area (Å²) >= 11 is 0. The fraction of sp³-hybridized carbons (Fsp3) is 0.706. The van der Waals surface area contributed by atoms with Crippen LogP contribution in [0.4, 0.5) is 4.79 Å². The van der Waals surface area contributed by atoms with Crippen molar-refractivity contribution < 1.29 is 9.21 Å². The van der Waals surface area contributed by atoms with Gasteiger partial charge in [0.1, 0.15) is 11.5 Å². The molecule has 5 nitrogen and oxygen atoms in total. The van der Waals surface area contributed by atoms with Crippen LogP contribution in [-0.4, -0.2) is 48.6 Å². The number of nitrogens with one attached hydrogen (secondary N) is 1. The zero-order valence-corrected chi connectivity index (χ0v) is 13.7. The molecule has 22 heavy (non-hydrogen) atoms. The van der Waals surface area contributed by atoms with Crippen molar-refractivity contribution in [2.75, 3.05) is 26.7 Å². The smallest absolute Gasteiger partial charge is 0.317 e. The van der Waals surface area contributed by atoms with Crippen molar-refractivity contribution in [3.05, 3.63) is 23.7 Å². The molecule has 1 unspecified atom stereocenters. The molecular formula is C17H27N3O2. The second-order valence-corrected chi connectivity index (χ2v) is 6.59. The zero-order chi connectivity index (χ0) is 15.5. The van der Waals surface area contributed by atoms with Crippen molar-refractivity contribution in [3.63, 3.8) is 0 Å². The number of furan rings is 1. The van der Waals surface area contributed by atoms with E-state index in [1.54, 1.807) is 0 Å². The molecule has 2 heterocycles. The molecule has 1 saturated heterocycles. The number of aryl methyl sites for hydroxylation is 1. The van der Waals surface area contributed by atoms with Gasteiger partial charge in [0.05, 0.1) is 6.04 Å². The lowest BCUT2D eigenvalue weighted by Gasteiger charge is -2.35. The number of amides is 2. The summed E-state index contributed by atoms with van der Waals surface area (Å²) in [6.45, 7) is 4.74. The molecule has 1 aromatic heterocycles. The van der Waals surface area contributed by atoms with Gasteiger partial charge in [-0.2, -0.15) is 0 Å². The predicted octanol–water partition coefficient (Wildman–Crippen LogP) is 2.92. The summed E-state index contributed by atoms with van der Waals surface area (Å²) in [4.78, 5) is 16.6. The van der Waals surface area contributed by atoms with Crippen LogP contribution < -0.4 is 5.32 Å². The highest BCUT2D eigenvalue weighted by atomic mass is 16.3. The maximum Gasteiger partial charge on any atom is 0.317 e. The van der Waals surface area contributed by atoms with Gasteiger partial charge < -0.3 is 14.6 Å². The third kappa shape index (κ3) is 3.29. The van der Waals surface area contributed by atoms with E-state index in [0.717, 1.165) is 37.5 Å². The maximum absolute atomic E-state index is 12.3. The number of hydrogen-bond acceptors (Lipinski definition) is 3. The van der Waals surface area contributed by atoms with Crippen LogP contribution in [0.2, 0.25) is 0 Å². The van der Waals surface area contributed by atoms with Crippen LogP contribution in [-0.2, 0) is 0 Å². The molecular weight excluding hydrogens is 278 g/mol. The summed E-state index contributed by atoms with van der Waals surface area (Å²) in [6, 6.07) is 4.66. The molecule has 1 atom stereocenters. The van der Waals surface area contributed by atoms with Crippen LogP contribution in [0, 0.1) is 6.92 Å². The Hall–Kier alpha value is -1.49. The first-order chi connectivity index (χ1) is 10.6. The molecule has 1 N–H and O–H groups in total. The fourth-order valence-corrected chi connectivity index (χ4v) is 3.34. The highest BCUT2D eigenvalue weighted by Gasteiger charge is 2.29. The van der Waals surface area contributed by atoms with Gasteiger partial charge in [0.15, 0.2) is 0 Å². The van der Waals surface area contributed by atoms with E-state index >= 15 is 0 Å². The normalized spacial score (nSPS) is 20.6. The Kier molecular flexibility index (Phi) is 4.71.